The van der Waals surface area contributed by atoms with Gasteiger partial charge < -0.3 is 4.74 Å². The van der Waals surface area contributed by atoms with E-state index in [4.69, 9.17) is 15.4 Å². The minimum absolute atomic E-state index is 0.0690. The number of rotatable bonds is 5. The second-order valence-corrected chi connectivity index (χ2v) is 9.29. The van der Waals surface area contributed by atoms with Gasteiger partial charge in [-0.15, -0.1) is 0 Å². The fourth-order valence-electron chi connectivity index (χ4n) is 2.30. The molecule has 6 nitrogen and oxygen atoms in total. The molecule has 0 aliphatic heterocycles. The molecule has 0 amide bonds. The zero-order chi connectivity index (χ0) is 22.0. The van der Waals surface area contributed by atoms with Crippen molar-refractivity contribution in [3.8, 4) is 17.0 Å². The maximum absolute atomic E-state index is 11.6. The first-order valence-corrected chi connectivity index (χ1v) is 12.7. The van der Waals surface area contributed by atoms with Crippen LogP contribution in [0.1, 0.15) is 41.0 Å². The van der Waals surface area contributed by atoms with Gasteiger partial charge in [0.15, 0.2) is 5.16 Å². The number of imidazole rings is 1. The molecule has 1 aromatic carbocycles. The Hall–Kier alpha value is -1.77. The average Bonchev–Trinajstić information content (AvgIpc) is 3.18. The monoisotopic (exact) mass is 457 g/mol. The number of thioether (sulfide) groups is 1. The Kier molecular flexibility index (Phi) is 10.5. The van der Waals surface area contributed by atoms with Crippen LogP contribution in [0, 0.1) is 0 Å². The molecule has 0 radical (unpaired) electrons. The van der Waals surface area contributed by atoms with E-state index in [1.807, 2.05) is 37.4 Å². The predicted octanol–water partition coefficient (Wildman–Crippen LogP) is 5.89. The highest BCUT2D eigenvalue weighted by Gasteiger charge is 2.18. The van der Waals surface area contributed by atoms with E-state index >= 15 is 0 Å². The first kappa shape index (κ1) is 25.3. The molecule has 160 valence electrons. The summed E-state index contributed by atoms with van der Waals surface area (Å²) in [5.41, 5.74) is 2.17. The van der Waals surface area contributed by atoms with Crippen LogP contribution in [-0.2, 0) is 9.05 Å². The number of fused-ring (bicyclic) bond motifs is 1. The van der Waals surface area contributed by atoms with Crippen LogP contribution in [0.15, 0.2) is 46.7 Å². The predicted molar refractivity (Wildman–Crippen MR) is 122 cm³/mol. The van der Waals surface area contributed by atoms with Gasteiger partial charge >= 0.3 is 0 Å². The minimum atomic E-state index is -3.88. The van der Waals surface area contributed by atoms with Gasteiger partial charge in [-0.2, -0.15) is 0 Å². The SMILES string of the molecule is CC.CCC.CCSc1nc(-c2ccc(S(=O)(=O)Cl)c(OC)c2)cc2nccn12. The molecular weight excluding hydrogens is 430 g/mol. The van der Waals surface area contributed by atoms with Gasteiger partial charge in [0.25, 0.3) is 9.05 Å². The van der Waals surface area contributed by atoms with Crippen LogP contribution in [0.3, 0.4) is 0 Å². The molecule has 0 atom stereocenters. The van der Waals surface area contributed by atoms with Gasteiger partial charge in [0.1, 0.15) is 16.3 Å². The maximum Gasteiger partial charge on any atom is 0.264 e. The van der Waals surface area contributed by atoms with Crippen molar-refractivity contribution in [1.82, 2.24) is 14.4 Å². The fraction of sp³-hybridized carbons (Fsp3) is 0.400. The molecule has 9 heteroatoms. The van der Waals surface area contributed by atoms with E-state index in [0.29, 0.717) is 5.69 Å². The van der Waals surface area contributed by atoms with Gasteiger partial charge in [-0.25, -0.2) is 18.4 Å². The number of halogens is 1. The molecule has 0 aliphatic carbocycles. The van der Waals surface area contributed by atoms with Crippen molar-refractivity contribution in [2.24, 2.45) is 0 Å². The first-order chi connectivity index (χ1) is 13.8. The van der Waals surface area contributed by atoms with E-state index in [1.165, 1.54) is 19.6 Å². The Balaban J connectivity index is 0.000000771. The molecule has 0 bridgehead atoms. The lowest BCUT2D eigenvalue weighted by molar-refractivity contribution is 0.403. The number of hydrogen-bond donors (Lipinski definition) is 0. The van der Waals surface area contributed by atoms with Gasteiger partial charge in [-0.05, 0) is 17.9 Å². The van der Waals surface area contributed by atoms with Gasteiger partial charge in [0.05, 0.1) is 12.8 Å². The van der Waals surface area contributed by atoms with Gasteiger partial charge in [-0.3, -0.25) is 4.40 Å². The second kappa shape index (κ2) is 12.0. The third-order valence-corrected chi connectivity index (χ3v) is 5.55. The molecule has 0 aliphatic rings. The zero-order valence-corrected chi connectivity index (χ0v) is 20.0. The van der Waals surface area contributed by atoms with Crippen molar-refractivity contribution in [2.75, 3.05) is 12.9 Å². The third-order valence-electron chi connectivity index (χ3n) is 3.35. The number of methoxy groups -OCH3 is 1. The number of hydrogen-bond acceptors (Lipinski definition) is 6. The number of benzene rings is 1. The lowest BCUT2D eigenvalue weighted by atomic mass is 10.1. The molecule has 0 unspecified atom stereocenters. The van der Waals surface area contributed by atoms with Crippen LogP contribution >= 0.6 is 22.4 Å². The molecule has 3 rings (SSSR count). The van der Waals surface area contributed by atoms with E-state index in [-0.39, 0.29) is 10.6 Å². The minimum Gasteiger partial charge on any atom is -0.495 e. The van der Waals surface area contributed by atoms with Crippen LogP contribution in [0.25, 0.3) is 16.9 Å². The Labute approximate surface area is 182 Å². The topological polar surface area (TPSA) is 73.6 Å². The molecule has 0 spiro atoms. The third kappa shape index (κ3) is 6.62. The molecule has 2 aromatic heterocycles. The van der Waals surface area contributed by atoms with Crippen molar-refractivity contribution < 1.29 is 13.2 Å². The number of aromatic nitrogens is 3. The summed E-state index contributed by atoms with van der Waals surface area (Å²) in [6, 6.07) is 6.52. The fourth-order valence-corrected chi connectivity index (χ4v) is 4.01. The van der Waals surface area contributed by atoms with E-state index in [9.17, 15) is 8.42 Å². The van der Waals surface area contributed by atoms with Gasteiger partial charge in [0, 0.05) is 34.7 Å². The molecule has 29 heavy (non-hydrogen) atoms. The quantitative estimate of drug-likeness (QED) is 0.270. The van der Waals surface area contributed by atoms with Crippen LogP contribution in [0.2, 0.25) is 0 Å². The molecule has 0 saturated carbocycles. The van der Waals surface area contributed by atoms with Crippen LogP contribution in [-0.4, -0.2) is 35.6 Å². The lowest BCUT2D eigenvalue weighted by Crippen LogP contribution is -1.99. The smallest absolute Gasteiger partial charge is 0.264 e. The molecule has 2 heterocycles. The van der Waals surface area contributed by atoms with Gasteiger partial charge in [-0.1, -0.05) is 58.9 Å². The summed E-state index contributed by atoms with van der Waals surface area (Å²) in [6.07, 6.45) is 4.82. The average molecular weight is 458 g/mol. The van der Waals surface area contributed by atoms with Crippen LogP contribution in [0.5, 0.6) is 5.75 Å². The summed E-state index contributed by atoms with van der Waals surface area (Å²) in [6.45, 7) is 10.3. The van der Waals surface area contributed by atoms with E-state index < -0.39 is 9.05 Å². The van der Waals surface area contributed by atoms with Crippen molar-refractivity contribution in [2.45, 2.75) is 51.1 Å². The first-order valence-electron chi connectivity index (χ1n) is 9.45. The van der Waals surface area contributed by atoms with E-state index in [0.717, 1.165) is 22.1 Å². The zero-order valence-electron chi connectivity index (χ0n) is 17.6. The molecule has 0 saturated heterocycles. The van der Waals surface area contributed by atoms with Crippen LogP contribution in [0.4, 0.5) is 0 Å². The summed E-state index contributed by atoms with van der Waals surface area (Å²) >= 11 is 1.60. The Morgan fingerprint density at radius 1 is 1.17 bits per heavy atom. The Morgan fingerprint density at radius 3 is 2.38 bits per heavy atom. The van der Waals surface area contributed by atoms with Crippen molar-refractivity contribution in [3.63, 3.8) is 0 Å². The Morgan fingerprint density at radius 2 is 1.83 bits per heavy atom. The summed E-state index contributed by atoms with van der Waals surface area (Å²) in [5, 5.41) is 0.815. The number of ether oxygens (including phenoxy) is 1. The summed E-state index contributed by atoms with van der Waals surface area (Å²) < 4.78 is 30.3. The highest BCUT2D eigenvalue weighted by Crippen LogP contribution is 2.32. The summed E-state index contributed by atoms with van der Waals surface area (Å²) in [7, 11) is 2.95. The lowest BCUT2D eigenvalue weighted by Gasteiger charge is -2.10. The highest BCUT2D eigenvalue weighted by molar-refractivity contribution is 8.13. The molecular formula is C20H28ClN3O3S2. The second-order valence-electron chi connectivity index (χ2n) is 5.52. The van der Waals surface area contributed by atoms with E-state index in [2.05, 4.69) is 23.8 Å². The number of nitrogens with zero attached hydrogens (tertiary/aromatic N) is 3. The highest BCUT2D eigenvalue weighted by atomic mass is 35.7. The maximum atomic E-state index is 11.6. The van der Waals surface area contributed by atoms with E-state index in [1.54, 1.807) is 30.1 Å². The Bertz CT molecular complexity index is 1020. The summed E-state index contributed by atoms with van der Waals surface area (Å²) in [4.78, 5) is 8.89. The normalized spacial score (nSPS) is 10.6. The van der Waals surface area contributed by atoms with Crippen molar-refractivity contribution in [3.05, 3.63) is 36.7 Å². The van der Waals surface area contributed by atoms with Crippen LogP contribution < -0.4 is 4.74 Å². The molecule has 0 fully saturated rings. The molecule has 0 N–H and O–H groups in total. The largest absolute Gasteiger partial charge is 0.495 e. The summed E-state index contributed by atoms with van der Waals surface area (Å²) in [5.74, 6) is 1.05. The molecule has 3 aromatic rings. The van der Waals surface area contributed by atoms with Crippen molar-refractivity contribution in [1.29, 1.82) is 0 Å². The van der Waals surface area contributed by atoms with Crippen molar-refractivity contribution >= 4 is 37.1 Å². The standard InChI is InChI=1S/C15H14ClN3O3S2.C3H8.C2H6/c1-3-23-15-18-11(9-14-17-6-7-19(14)15)10-4-5-13(24(16,20)21)12(8-10)22-2;1-3-2;1-2/h4-9H,3H2,1-2H3;3H2,1-2H3;1-2H3. The van der Waals surface area contributed by atoms with Gasteiger partial charge in [0.2, 0.25) is 0 Å².